The lowest BCUT2D eigenvalue weighted by Crippen LogP contribution is -2.09. The molecule has 16 heteroatoms. The van der Waals surface area contributed by atoms with E-state index >= 15 is 0 Å². The largest absolute Gasteiger partial charge is 0.445 e. The summed E-state index contributed by atoms with van der Waals surface area (Å²) < 4.78 is 151. The van der Waals surface area contributed by atoms with Crippen LogP contribution in [0.25, 0.3) is 0 Å². The zero-order chi connectivity index (χ0) is 28.6. The highest BCUT2D eigenvalue weighted by molar-refractivity contribution is 5.55. The maximum Gasteiger partial charge on any atom is 0.208 e. The third kappa shape index (κ3) is 3.91. The van der Waals surface area contributed by atoms with Gasteiger partial charge >= 0.3 is 0 Å². The Morgan fingerprint density at radius 3 is 0.737 bits per heavy atom. The van der Waals surface area contributed by atoms with Gasteiger partial charge in [0.2, 0.25) is 57.9 Å². The molecule has 0 bridgehead atoms. The van der Waals surface area contributed by atoms with Crippen LogP contribution in [-0.4, -0.2) is 0 Å². The van der Waals surface area contributed by atoms with Crippen molar-refractivity contribution in [3.8, 4) is 47.3 Å². The molecule has 0 unspecified atom stereocenters. The number of hydrogen-bond acceptors (Lipinski definition) is 6. The van der Waals surface area contributed by atoms with E-state index in [-0.39, 0.29) is 0 Å². The van der Waals surface area contributed by atoms with Gasteiger partial charge in [-0.25, -0.2) is 17.6 Å². The molecular weight excluding hydrogens is 542 g/mol. The van der Waals surface area contributed by atoms with Crippen LogP contribution in [-0.2, 0) is 0 Å². The van der Waals surface area contributed by atoms with Crippen molar-refractivity contribution < 1.29 is 53.4 Å². The molecular formula is C22F10N4O2. The van der Waals surface area contributed by atoms with Gasteiger partial charge in [-0.15, -0.1) is 0 Å². The fourth-order valence-electron chi connectivity index (χ4n) is 2.85. The molecule has 3 aromatic carbocycles. The van der Waals surface area contributed by atoms with Crippen molar-refractivity contribution in [2.24, 2.45) is 0 Å². The lowest BCUT2D eigenvalue weighted by Gasteiger charge is -2.16. The minimum Gasteiger partial charge on any atom is -0.445 e. The van der Waals surface area contributed by atoms with Crippen molar-refractivity contribution in [3.05, 3.63) is 80.4 Å². The van der Waals surface area contributed by atoms with Gasteiger partial charge in [-0.2, -0.15) is 47.4 Å². The van der Waals surface area contributed by atoms with E-state index in [2.05, 4.69) is 9.47 Å². The van der Waals surface area contributed by atoms with Gasteiger partial charge in [-0.3, -0.25) is 0 Å². The Bertz CT molecular complexity index is 1570. The fraction of sp³-hybridized carbons (Fsp3) is 0. The first-order valence-electron chi connectivity index (χ1n) is 9.10. The molecule has 0 heterocycles. The molecule has 6 nitrogen and oxygen atoms in total. The molecule has 0 radical (unpaired) electrons. The Hall–Kier alpha value is -5.48. The second-order valence-corrected chi connectivity index (χ2v) is 6.61. The average molecular weight is 542 g/mol. The Morgan fingerprint density at radius 2 is 0.500 bits per heavy atom. The van der Waals surface area contributed by atoms with Crippen LogP contribution in [0.4, 0.5) is 43.9 Å². The fourth-order valence-corrected chi connectivity index (χ4v) is 2.85. The first-order chi connectivity index (χ1) is 17.9. The maximum atomic E-state index is 14.5. The Morgan fingerprint density at radius 1 is 0.316 bits per heavy atom. The Balaban J connectivity index is 2.23. The van der Waals surface area contributed by atoms with Gasteiger partial charge < -0.3 is 9.47 Å². The molecule has 0 aliphatic rings. The van der Waals surface area contributed by atoms with Crippen LogP contribution < -0.4 is 9.47 Å². The molecule has 38 heavy (non-hydrogen) atoms. The third-order valence-electron chi connectivity index (χ3n) is 4.60. The lowest BCUT2D eigenvalue weighted by molar-refractivity contribution is 0.303. The predicted octanol–water partition coefficient (Wildman–Crippen LogP) is 6.15. The molecule has 0 aromatic heterocycles. The molecule has 0 fully saturated rings. The van der Waals surface area contributed by atoms with Crippen LogP contribution in [0.2, 0.25) is 0 Å². The minimum absolute atomic E-state index is 0.944. The van der Waals surface area contributed by atoms with E-state index in [0.29, 0.717) is 0 Å². The molecule has 0 amide bonds. The van der Waals surface area contributed by atoms with Crippen molar-refractivity contribution in [2.45, 2.75) is 0 Å². The van der Waals surface area contributed by atoms with E-state index in [1.54, 1.807) is 0 Å². The van der Waals surface area contributed by atoms with E-state index in [1.165, 1.54) is 0 Å². The Kier molecular flexibility index (Phi) is 7.05. The molecule has 3 rings (SSSR count). The molecule has 0 saturated carbocycles. The summed E-state index contributed by atoms with van der Waals surface area (Å²) in [5, 5.41) is 35.2. The van der Waals surface area contributed by atoms with Crippen LogP contribution in [0.5, 0.6) is 23.0 Å². The highest BCUT2D eigenvalue weighted by atomic mass is 19.2. The average Bonchev–Trinajstić information content (AvgIpc) is 2.90. The van der Waals surface area contributed by atoms with E-state index in [1.807, 2.05) is 0 Å². The van der Waals surface area contributed by atoms with E-state index < -0.39 is 103 Å². The van der Waals surface area contributed by atoms with Gasteiger partial charge in [-0.1, -0.05) is 0 Å². The van der Waals surface area contributed by atoms with Crippen LogP contribution in [0.3, 0.4) is 0 Å². The van der Waals surface area contributed by atoms with Crippen molar-refractivity contribution in [1.29, 1.82) is 21.0 Å². The topological polar surface area (TPSA) is 114 Å². The van der Waals surface area contributed by atoms with Gasteiger partial charge in [0, 0.05) is 0 Å². The van der Waals surface area contributed by atoms with Gasteiger partial charge in [0.05, 0.1) is 0 Å². The van der Waals surface area contributed by atoms with Crippen LogP contribution in [0.1, 0.15) is 22.3 Å². The standard InChI is InChI=1S/C22F10N4O2/c23-9-5(1-33)7(3-35)11(25)19(13(9)27)37-21-15(29)17(31)22(18(32)16(21)30)38-20-12(26)8(4-36)6(2-34)10(24)14(20)28. The zero-order valence-corrected chi connectivity index (χ0v) is 17.4. The zero-order valence-electron chi connectivity index (χ0n) is 17.4. The molecule has 0 aliphatic carbocycles. The smallest absolute Gasteiger partial charge is 0.208 e. The quantitative estimate of drug-likeness (QED) is 0.289. The molecule has 190 valence electrons. The molecule has 0 saturated heterocycles. The number of rotatable bonds is 4. The SMILES string of the molecule is N#Cc1c(F)c(F)c(Oc2c(F)c(F)c(Oc3c(F)c(F)c(C#N)c(C#N)c3F)c(F)c2F)c(F)c1C#N. The number of halogens is 10. The predicted molar refractivity (Wildman–Crippen MR) is 97.9 cm³/mol. The summed E-state index contributed by atoms with van der Waals surface area (Å²) in [5.41, 5.74) is -5.98. The minimum atomic E-state index is -2.70. The summed E-state index contributed by atoms with van der Waals surface area (Å²) in [6.07, 6.45) is 0. The third-order valence-corrected chi connectivity index (χ3v) is 4.60. The van der Waals surface area contributed by atoms with Gasteiger partial charge in [-0.05, 0) is 0 Å². The summed E-state index contributed by atoms with van der Waals surface area (Å²) >= 11 is 0. The van der Waals surface area contributed by atoms with E-state index in [0.717, 1.165) is 24.3 Å². The first kappa shape index (κ1) is 27.1. The molecule has 0 N–H and O–H groups in total. The second-order valence-electron chi connectivity index (χ2n) is 6.61. The Labute approximate surface area is 202 Å². The summed E-state index contributed by atoms with van der Waals surface area (Å²) in [6, 6.07) is 3.78. The monoisotopic (exact) mass is 542 g/mol. The van der Waals surface area contributed by atoms with Gasteiger partial charge in [0.1, 0.15) is 46.5 Å². The number of nitriles is 4. The number of nitrogens with zero attached hydrogens (tertiary/aromatic N) is 4. The van der Waals surface area contributed by atoms with Crippen molar-refractivity contribution in [2.75, 3.05) is 0 Å². The van der Waals surface area contributed by atoms with Crippen LogP contribution in [0.15, 0.2) is 0 Å². The summed E-state index contributed by atoms with van der Waals surface area (Å²) in [6.45, 7) is 0. The van der Waals surface area contributed by atoms with Gasteiger partial charge in [0.25, 0.3) is 0 Å². The van der Waals surface area contributed by atoms with E-state index in [9.17, 15) is 43.9 Å². The number of ether oxygens (including phenoxy) is 2. The maximum absolute atomic E-state index is 14.5. The number of benzene rings is 3. The summed E-state index contributed by atoms with van der Waals surface area (Å²) in [5.74, 6) is -33.4. The van der Waals surface area contributed by atoms with Crippen molar-refractivity contribution >= 4 is 0 Å². The molecule has 0 spiro atoms. The van der Waals surface area contributed by atoms with E-state index in [4.69, 9.17) is 21.0 Å². The molecule has 0 aliphatic heterocycles. The number of hydrogen-bond donors (Lipinski definition) is 0. The van der Waals surface area contributed by atoms with Crippen molar-refractivity contribution in [1.82, 2.24) is 0 Å². The molecule has 0 atom stereocenters. The van der Waals surface area contributed by atoms with Gasteiger partial charge in [0.15, 0.2) is 23.3 Å². The summed E-state index contributed by atoms with van der Waals surface area (Å²) in [4.78, 5) is 0. The van der Waals surface area contributed by atoms with Crippen LogP contribution >= 0.6 is 0 Å². The summed E-state index contributed by atoms with van der Waals surface area (Å²) in [7, 11) is 0. The first-order valence-corrected chi connectivity index (χ1v) is 9.10. The highest BCUT2D eigenvalue weighted by Gasteiger charge is 2.35. The van der Waals surface area contributed by atoms with Crippen LogP contribution in [0, 0.1) is 103 Å². The highest BCUT2D eigenvalue weighted by Crippen LogP contribution is 2.42. The lowest BCUT2D eigenvalue weighted by atomic mass is 10.1. The normalized spacial score (nSPS) is 10.3. The van der Waals surface area contributed by atoms with Crippen molar-refractivity contribution in [3.63, 3.8) is 0 Å². The second kappa shape index (κ2) is 9.88. The molecule has 3 aromatic rings.